The maximum absolute atomic E-state index is 12.2. The summed E-state index contributed by atoms with van der Waals surface area (Å²) in [6.45, 7) is 2.22. The Morgan fingerprint density at radius 1 is 1.12 bits per heavy atom. The van der Waals surface area contributed by atoms with Gasteiger partial charge in [0.2, 0.25) is 15.9 Å². The van der Waals surface area contributed by atoms with E-state index in [0.717, 1.165) is 12.8 Å². The molecule has 24 heavy (non-hydrogen) atoms. The maximum Gasteiger partial charge on any atom is 0.238 e. The fraction of sp³-hybridized carbons (Fsp3) is 0.533. The Morgan fingerprint density at radius 2 is 1.79 bits per heavy atom. The molecule has 1 aliphatic heterocycles. The molecule has 1 aromatic rings. The molecular formula is C15H19Cl2N3O3S. The van der Waals surface area contributed by atoms with Crippen LogP contribution < -0.4 is 5.32 Å². The molecule has 3 rings (SSSR count). The summed E-state index contributed by atoms with van der Waals surface area (Å²) < 4.78 is 25.9. The largest absolute Gasteiger partial charge is 0.325 e. The van der Waals surface area contributed by atoms with Crippen LogP contribution in [0.4, 0.5) is 5.69 Å². The van der Waals surface area contributed by atoms with Crippen LogP contribution in [-0.4, -0.2) is 61.5 Å². The highest BCUT2D eigenvalue weighted by Crippen LogP contribution is 2.31. The molecule has 0 radical (unpaired) electrons. The van der Waals surface area contributed by atoms with Crippen LogP contribution >= 0.6 is 23.2 Å². The monoisotopic (exact) mass is 391 g/mol. The van der Waals surface area contributed by atoms with E-state index in [9.17, 15) is 13.2 Å². The third kappa shape index (κ3) is 4.21. The van der Waals surface area contributed by atoms with E-state index in [1.807, 2.05) is 4.90 Å². The maximum atomic E-state index is 12.2. The molecule has 2 aliphatic rings. The number of sulfonamides is 1. The molecule has 0 atom stereocenters. The number of nitrogens with zero attached hydrogens (tertiary/aromatic N) is 2. The van der Waals surface area contributed by atoms with E-state index in [4.69, 9.17) is 23.2 Å². The zero-order valence-corrected chi connectivity index (χ0v) is 15.4. The molecule has 1 saturated heterocycles. The standard InChI is InChI=1S/C15H19Cl2N3O3S/c16-13-4-1-11(9-14(13)17)18-15(21)10-19-5-7-20(8-6-19)24(22,23)12-2-3-12/h1,4,9,12H,2-3,5-8,10H2,(H,18,21). The number of hydrogen-bond acceptors (Lipinski definition) is 4. The minimum Gasteiger partial charge on any atom is -0.325 e. The van der Waals surface area contributed by atoms with Gasteiger partial charge in [-0.3, -0.25) is 9.69 Å². The van der Waals surface area contributed by atoms with Crippen molar-refractivity contribution in [2.45, 2.75) is 18.1 Å². The molecule has 1 aliphatic carbocycles. The Hall–Kier alpha value is -0.860. The first kappa shape index (κ1) is 17.9. The topological polar surface area (TPSA) is 69.7 Å². The zero-order valence-electron chi connectivity index (χ0n) is 13.0. The lowest BCUT2D eigenvalue weighted by Crippen LogP contribution is -2.51. The van der Waals surface area contributed by atoms with E-state index in [-0.39, 0.29) is 17.7 Å². The van der Waals surface area contributed by atoms with Gasteiger partial charge in [-0.25, -0.2) is 8.42 Å². The van der Waals surface area contributed by atoms with E-state index < -0.39 is 10.0 Å². The molecule has 1 N–H and O–H groups in total. The molecule has 6 nitrogen and oxygen atoms in total. The number of piperazine rings is 1. The lowest BCUT2D eigenvalue weighted by Gasteiger charge is -2.33. The van der Waals surface area contributed by atoms with Gasteiger partial charge in [-0.2, -0.15) is 4.31 Å². The molecule has 0 bridgehead atoms. The van der Waals surface area contributed by atoms with Gasteiger partial charge in [0.15, 0.2) is 0 Å². The quantitative estimate of drug-likeness (QED) is 0.833. The summed E-state index contributed by atoms with van der Waals surface area (Å²) in [5.74, 6) is -0.160. The van der Waals surface area contributed by atoms with Gasteiger partial charge >= 0.3 is 0 Å². The van der Waals surface area contributed by atoms with E-state index in [0.29, 0.717) is 41.9 Å². The van der Waals surface area contributed by atoms with E-state index in [2.05, 4.69) is 5.32 Å². The molecule has 1 amide bonds. The lowest BCUT2D eigenvalue weighted by atomic mass is 10.3. The first-order valence-electron chi connectivity index (χ1n) is 7.82. The molecule has 132 valence electrons. The van der Waals surface area contributed by atoms with Crippen LogP contribution in [0.25, 0.3) is 0 Å². The average Bonchev–Trinajstić information content (AvgIpc) is 3.37. The van der Waals surface area contributed by atoms with Crippen molar-refractivity contribution in [2.75, 3.05) is 38.0 Å². The summed E-state index contributed by atoms with van der Waals surface area (Å²) in [5.41, 5.74) is 0.587. The Balaban J connectivity index is 1.48. The van der Waals surface area contributed by atoms with Crippen LogP contribution in [-0.2, 0) is 14.8 Å². The number of carbonyl (C=O) groups excluding carboxylic acids is 1. The van der Waals surface area contributed by atoms with Crippen molar-refractivity contribution in [1.82, 2.24) is 9.21 Å². The number of rotatable bonds is 5. The van der Waals surface area contributed by atoms with Gasteiger partial charge in [0, 0.05) is 31.9 Å². The third-order valence-electron chi connectivity index (χ3n) is 4.21. The van der Waals surface area contributed by atoms with Crippen molar-refractivity contribution >= 4 is 44.8 Å². The number of hydrogen-bond donors (Lipinski definition) is 1. The van der Waals surface area contributed by atoms with Gasteiger partial charge in [0.05, 0.1) is 21.8 Å². The van der Waals surface area contributed by atoms with E-state index >= 15 is 0 Å². The Morgan fingerprint density at radius 3 is 2.38 bits per heavy atom. The molecule has 0 spiro atoms. The van der Waals surface area contributed by atoms with Gasteiger partial charge in [-0.15, -0.1) is 0 Å². The number of halogens is 2. The summed E-state index contributed by atoms with van der Waals surface area (Å²) in [5, 5.41) is 3.41. The summed E-state index contributed by atoms with van der Waals surface area (Å²) in [4.78, 5) is 14.1. The number of nitrogens with one attached hydrogen (secondary N) is 1. The summed E-state index contributed by atoms with van der Waals surface area (Å²) in [6, 6.07) is 4.91. The van der Waals surface area contributed by atoms with Crippen molar-refractivity contribution in [1.29, 1.82) is 0 Å². The Kier molecular flexibility index (Phi) is 5.36. The van der Waals surface area contributed by atoms with Crippen LogP contribution in [0.2, 0.25) is 10.0 Å². The van der Waals surface area contributed by atoms with Gasteiger partial charge in [0.1, 0.15) is 0 Å². The van der Waals surface area contributed by atoms with Gasteiger partial charge in [0.25, 0.3) is 0 Å². The zero-order chi connectivity index (χ0) is 17.3. The fourth-order valence-corrected chi connectivity index (χ4v) is 4.82. The average molecular weight is 392 g/mol. The van der Waals surface area contributed by atoms with Crippen molar-refractivity contribution in [3.05, 3.63) is 28.2 Å². The molecule has 1 aromatic carbocycles. The predicted molar refractivity (Wildman–Crippen MR) is 95.0 cm³/mol. The second kappa shape index (κ2) is 7.17. The summed E-state index contributed by atoms with van der Waals surface area (Å²) in [6.07, 6.45) is 1.54. The predicted octanol–water partition coefficient (Wildman–Crippen LogP) is 2.04. The lowest BCUT2D eigenvalue weighted by molar-refractivity contribution is -0.117. The molecule has 0 aromatic heterocycles. The third-order valence-corrected chi connectivity index (χ3v) is 7.35. The van der Waals surface area contributed by atoms with Crippen LogP contribution in [0.3, 0.4) is 0 Å². The molecular weight excluding hydrogens is 373 g/mol. The van der Waals surface area contributed by atoms with Crippen LogP contribution in [0.5, 0.6) is 0 Å². The fourth-order valence-electron chi connectivity index (χ4n) is 2.70. The molecule has 9 heteroatoms. The summed E-state index contributed by atoms with van der Waals surface area (Å²) >= 11 is 11.8. The highest BCUT2D eigenvalue weighted by molar-refractivity contribution is 7.90. The van der Waals surface area contributed by atoms with Crippen molar-refractivity contribution in [3.63, 3.8) is 0 Å². The molecule has 0 unspecified atom stereocenters. The SMILES string of the molecule is O=C(CN1CCN(S(=O)(=O)C2CC2)CC1)Nc1ccc(Cl)c(Cl)c1. The van der Waals surface area contributed by atoms with E-state index in [1.165, 1.54) is 0 Å². The summed E-state index contributed by atoms with van der Waals surface area (Å²) in [7, 11) is -3.12. The highest BCUT2D eigenvalue weighted by atomic mass is 35.5. The van der Waals surface area contributed by atoms with Crippen LogP contribution in [0.1, 0.15) is 12.8 Å². The van der Waals surface area contributed by atoms with Crippen molar-refractivity contribution in [2.24, 2.45) is 0 Å². The number of benzene rings is 1. The molecule has 1 saturated carbocycles. The van der Waals surface area contributed by atoms with Gasteiger partial charge < -0.3 is 5.32 Å². The first-order chi connectivity index (χ1) is 11.4. The van der Waals surface area contributed by atoms with Crippen molar-refractivity contribution in [3.8, 4) is 0 Å². The minimum absolute atomic E-state index is 0.160. The number of anilines is 1. The second-order valence-corrected chi connectivity index (χ2v) is 9.12. The smallest absolute Gasteiger partial charge is 0.238 e. The molecule has 1 heterocycles. The normalized spacial score (nSPS) is 20.1. The molecule has 2 fully saturated rings. The Labute approximate surface area is 151 Å². The number of carbonyl (C=O) groups is 1. The van der Waals surface area contributed by atoms with Gasteiger partial charge in [-0.05, 0) is 31.0 Å². The number of amides is 1. The highest BCUT2D eigenvalue weighted by Gasteiger charge is 2.40. The first-order valence-corrected chi connectivity index (χ1v) is 10.1. The van der Waals surface area contributed by atoms with Crippen LogP contribution in [0.15, 0.2) is 18.2 Å². The second-order valence-electron chi connectivity index (χ2n) is 6.10. The Bertz CT molecular complexity index is 729. The minimum atomic E-state index is -3.12. The van der Waals surface area contributed by atoms with Crippen molar-refractivity contribution < 1.29 is 13.2 Å². The van der Waals surface area contributed by atoms with Crippen LogP contribution in [0, 0.1) is 0 Å². The van der Waals surface area contributed by atoms with E-state index in [1.54, 1.807) is 22.5 Å². The van der Waals surface area contributed by atoms with Gasteiger partial charge in [-0.1, -0.05) is 23.2 Å².